The Balaban J connectivity index is 1.17. The smallest absolute Gasteiger partial charge is 0.228 e. The minimum Gasteiger partial charge on any atom is -0.438 e. The van der Waals surface area contributed by atoms with Gasteiger partial charge in [-0.15, -0.1) is 0 Å². The zero-order chi connectivity index (χ0) is 30.6. The number of pyridine rings is 2. The van der Waals surface area contributed by atoms with Gasteiger partial charge in [-0.1, -0.05) is 129 Å². The Morgan fingerprint density at radius 2 is 1.11 bits per heavy atom. The van der Waals surface area contributed by atoms with E-state index >= 15 is 0 Å². The Hall–Kier alpha value is -5.80. The summed E-state index contributed by atoms with van der Waals surface area (Å²) in [6, 6.07) is 47.4. The van der Waals surface area contributed by atoms with Crippen molar-refractivity contribution in [1.29, 1.82) is 0 Å². The molecule has 0 atom stereocenters. The van der Waals surface area contributed by atoms with Crippen molar-refractivity contribution in [2.75, 3.05) is 0 Å². The van der Waals surface area contributed by atoms with E-state index in [0.717, 1.165) is 44.4 Å². The van der Waals surface area contributed by atoms with E-state index in [2.05, 4.69) is 135 Å². The molecule has 3 nitrogen and oxygen atoms in total. The first-order chi connectivity index (χ1) is 22.6. The lowest BCUT2D eigenvalue weighted by Crippen LogP contribution is -2.15. The zero-order valence-electron chi connectivity index (χ0n) is 25.5. The standard InChI is InChI=1S/C43H28N2O/c1-43(2)34-17-9-7-15-32(34)37-39(43)38-33-16-8-10-18-36(33)46-42(38)45-40(37)26-21-19-25(20-22-26)35-24-23-31-29-13-4-3-11-27(29)28-12-5-6-14-30(28)41(31)44-35/h3-24H,1-2H3. The molecule has 0 fully saturated rings. The van der Waals surface area contributed by atoms with Crippen molar-refractivity contribution < 1.29 is 4.42 Å². The van der Waals surface area contributed by atoms with Crippen LogP contribution in [0.3, 0.4) is 0 Å². The van der Waals surface area contributed by atoms with E-state index in [9.17, 15) is 0 Å². The number of hydrogen-bond donors (Lipinski definition) is 0. The number of aromatic nitrogens is 2. The monoisotopic (exact) mass is 588 g/mol. The highest BCUT2D eigenvalue weighted by Crippen LogP contribution is 2.55. The molecule has 0 amide bonds. The van der Waals surface area contributed by atoms with Gasteiger partial charge in [0.15, 0.2) is 0 Å². The van der Waals surface area contributed by atoms with Crippen molar-refractivity contribution in [1.82, 2.24) is 9.97 Å². The molecular weight excluding hydrogens is 560 g/mol. The van der Waals surface area contributed by atoms with Gasteiger partial charge in [-0.2, -0.15) is 0 Å². The van der Waals surface area contributed by atoms with Crippen molar-refractivity contribution in [2.45, 2.75) is 19.3 Å². The Morgan fingerprint density at radius 3 is 1.87 bits per heavy atom. The van der Waals surface area contributed by atoms with E-state index in [1.54, 1.807) is 0 Å². The van der Waals surface area contributed by atoms with E-state index in [4.69, 9.17) is 14.4 Å². The minimum atomic E-state index is -0.198. The first kappa shape index (κ1) is 25.5. The van der Waals surface area contributed by atoms with Crippen LogP contribution >= 0.6 is 0 Å². The molecule has 0 unspecified atom stereocenters. The molecule has 9 aromatic rings. The number of furan rings is 1. The van der Waals surface area contributed by atoms with Crippen LogP contribution in [0.25, 0.3) is 88.2 Å². The van der Waals surface area contributed by atoms with E-state index < -0.39 is 0 Å². The topological polar surface area (TPSA) is 38.9 Å². The van der Waals surface area contributed by atoms with E-state index in [1.807, 2.05) is 12.1 Å². The van der Waals surface area contributed by atoms with Gasteiger partial charge >= 0.3 is 0 Å². The summed E-state index contributed by atoms with van der Waals surface area (Å²) < 4.78 is 6.41. The van der Waals surface area contributed by atoms with Crippen LogP contribution in [-0.4, -0.2) is 9.97 Å². The molecule has 0 saturated heterocycles. The van der Waals surface area contributed by atoms with E-state index in [0.29, 0.717) is 5.71 Å². The summed E-state index contributed by atoms with van der Waals surface area (Å²) in [5.41, 5.74) is 11.5. The third-order valence-corrected chi connectivity index (χ3v) is 10.1. The Kier molecular flexibility index (Phi) is 5.06. The first-order valence-electron chi connectivity index (χ1n) is 15.8. The fourth-order valence-electron chi connectivity index (χ4n) is 7.95. The van der Waals surface area contributed by atoms with Gasteiger partial charge in [0.25, 0.3) is 0 Å². The van der Waals surface area contributed by atoms with Crippen molar-refractivity contribution in [2.24, 2.45) is 0 Å². The fourth-order valence-corrected chi connectivity index (χ4v) is 7.95. The zero-order valence-corrected chi connectivity index (χ0v) is 25.5. The molecule has 1 aliphatic carbocycles. The summed E-state index contributed by atoms with van der Waals surface area (Å²) in [4.78, 5) is 10.5. The molecule has 0 bridgehead atoms. The summed E-state index contributed by atoms with van der Waals surface area (Å²) in [6.45, 7) is 4.65. The number of benzene rings is 6. The molecule has 216 valence electrons. The maximum absolute atomic E-state index is 6.41. The molecule has 0 spiro atoms. The third kappa shape index (κ3) is 3.37. The first-order valence-corrected chi connectivity index (χ1v) is 15.8. The van der Waals surface area contributed by atoms with Crippen LogP contribution < -0.4 is 0 Å². The van der Waals surface area contributed by atoms with Gasteiger partial charge in [-0.05, 0) is 51.0 Å². The normalized spacial score (nSPS) is 13.6. The highest BCUT2D eigenvalue weighted by Gasteiger charge is 2.40. The number of fused-ring (bicyclic) bond motifs is 13. The lowest BCUT2D eigenvalue weighted by Gasteiger charge is -2.22. The summed E-state index contributed by atoms with van der Waals surface area (Å²) in [5, 5.41) is 8.31. The van der Waals surface area contributed by atoms with Crippen LogP contribution in [0, 0.1) is 0 Å². The van der Waals surface area contributed by atoms with Crippen LogP contribution in [0.4, 0.5) is 0 Å². The van der Waals surface area contributed by atoms with Crippen molar-refractivity contribution in [3.63, 3.8) is 0 Å². The molecule has 0 saturated carbocycles. The molecule has 0 aliphatic heterocycles. The molecule has 3 aromatic heterocycles. The Morgan fingerprint density at radius 1 is 0.522 bits per heavy atom. The van der Waals surface area contributed by atoms with Gasteiger partial charge in [0.05, 0.1) is 22.3 Å². The quantitative estimate of drug-likeness (QED) is 0.189. The van der Waals surface area contributed by atoms with Crippen LogP contribution in [0.5, 0.6) is 0 Å². The molecular formula is C43H28N2O. The van der Waals surface area contributed by atoms with Gasteiger partial charge in [-0.25, -0.2) is 9.97 Å². The van der Waals surface area contributed by atoms with Crippen molar-refractivity contribution in [3.8, 4) is 33.6 Å². The average molecular weight is 589 g/mol. The maximum atomic E-state index is 6.41. The van der Waals surface area contributed by atoms with Gasteiger partial charge < -0.3 is 4.42 Å². The molecule has 10 rings (SSSR count). The van der Waals surface area contributed by atoms with Crippen molar-refractivity contribution in [3.05, 3.63) is 145 Å². The fraction of sp³-hybridized carbons (Fsp3) is 0.0698. The number of hydrogen-bond acceptors (Lipinski definition) is 3. The molecule has 3 heterocycles. The highest BCUT2D eigenvalue weighted by atomic mass is 16.3. The van der Waals surface area contributed by atoms with Gasteiger partial charge in [0, 0.05) is 38.3 Å². The van der Waals surface area contributed by atoms with Gasteiger partial charge in [0.1, 0.15) is 5.58 Å². The van der Waals surface area contributed by atoms with Crippen LogP contribution in [-0.2, 0) is 5.41 Å². The van der Waals surface area contributed by atoms with E-state index in [-0.39, 0.29) is 5.41 Å². The SMILES string of the molecule is CC1(C)c2ccccc2-c2c(-c3ccc(-c4ccc5c6ccccc6c6ccccc6c5n4)cc3)nc3oc4ccccc4c3c21. The second-order valence-corrected chi connectivity index (χ2v) is 12.9. The molecule has 46 heavy (non-hydrogen) atoms. The minimum absolute atomic E-state index is 0.198. The Bertz CT molecular complexity index is 2680. The molecule has 6 aromatic carbocycles. The molecule has 1 aliphatic rings. The highest BCUT2D eigenvalue weighted by molar-refractivity contribution is 6.24. The van der Waals surface area contributed by atoms with Crippen molar-refractivity contribution >= 4 is 54.5 Å². The van der Waals surface area contributed by atoms with Gasteiger partial charge in [-0.3, -0.25) is 0 Å². The molecule has 3 heteroatoms. The van der Waals surface area contributed by atoms with Crippen LogP contribution in [0.15, 0.2) is 138 Å². The second-order valence-electron chi connectivity index (χ2n) is 12.9. The Labute approximate surface area is 265 Å². The summed E-state index contributed by atoms with van der Waals surface area (Å²) in [6.07, 6.45) is 0. The summed E-state index contributed by atoms with van der Waals surface area (Å²) in [5.74, 6) is 0. The second kappa shape index (κ2) is 9.12. The van der Waals surface area contributed by atoms with Gasteiger partial charge in [0.2, 0.25) is 5.71 Å². The number of nitrogens with zero attached hydrogens (tertiary/aromatic N) is 2. The molecule has 0 N–H and O–H groups in total. The summed E-state index contributed by atoms with van der Waals surface area (Å²) in [7, 11) is 0. The third-order valence-electron chi connectivity index (χ3n) is 10.1. The lowest BCUT2D eigenvalue weighted by molar-refractivity contribution is 0.647. The lowest BCUT2D eigenvalue weighted by atomic mass is 9.80. The molecule has 0 radical (unpaired) electrons. The van der Waals surface area contributed by atoms with E-state index in [1.165, 1.54) is 49.2 Å². The summed E-state index contributed by atoms with van der Waals surface area (Å²) >= 11 is 0. The maximum Gasteiger partial charge on any atom is 0.228 e. The number of para-hydroxylation sites is 1. The predicted octanol–water partition coefficient (Wildman–Crippen LogP) is 11.5. The predicted molar refractivity (Wildman–Crippen MR) is 190 cm³/mol. The number of rotatable bonds is 2. The average Bonchev–Trinajstić information content (AvgIpc) is 3.60. The largest absolute Gasteiger partial charge is 0.438 e. The van der Waals surface area contributed by atoms with Crippen LogP contribution in [0.2, 0.25) is 0 Å². The van der Waals surface area contributed by atoms with Crippen LogP contribution in [0.1, 0.15) is 25.0 Å².